The fourth-order valence-electron chi connectivity index (χ4n) is 4.12. The second kappa shape index (κ2) is 7.80. The Balaban J connectivity index is 1.44. The molecule has 0 fully saturated rings. The van der Waals surface area contributed by atoms with E-state index < -0.39 is 0 Å². The first kappa shape index (κ1) is 18.7. The molecule has 28 heavy (non-hydrogen) atoms. The van der Waals surface area contributed by atoms with Crippen LogP contribution < -0.4 is 9.47 Å². The summed E-state index contributed by atoms with van der Waals surface area (Å²) < 4.78 is 24.9. The van der Waals surface area contributed by atoms with E-state index in [1.54, 1.807) is 20.3 Å². The Morgan fingerprint density at radius 2 is 1.71 bits per heavy atom. The van der Waals surface area contributed by atoms with Crippen molar-refractivity contribution in [2.24, 2.45) is 0 Å². The normalized spacial score (nSPS) is 16.3. The zero-order valence-electron chi connectivity index (χ0n) is 16.3. The highest BCUT2D eigenvalue weighted by Crippen LogP contribution is 2.33. The Bertz CT molecular complexity index is 900. The summed E-state index contributed by atoms with van der Waals surface area (Å²) in [7, 11) is 3.24. The summed E-state index contributed by atoms with van der Waals surface area (Å²) in [5.74, 6) is 1.30. The molecule has 2 aromatic rings. The van der Waals surface area contributed by atoms with Gasteiger partial charge in [-0.05, 0) is 47.7 Å². The predicted molar refractivity (Wildman–Crippen MR) is 104 cm³/mol. The Morgan fingerprint density at radius 3 is 2.46 bits per heavy atom. The number of amides is 1. The van der Waals surface area contributed by atoms with Gasteiger partial charge in [0.1, 0.15) is 5.82 Å². The lowest BCUT2D eigenvalue weighted by Crippen LogP contribution is -2.44. The average molecular weight is 384 g/mol. The van der Waals surface area contributed by atoms with Gasteiger partial charge >= 0.3 is 0 Å². The summed E-state index contributed by atoms with van der Waals surface area (Å²) in [6.45, 7) is 2.82. The molecule has 0 aliphatic carbocycles. The van der Waals surface area contributed by atoms with Gasteiger partial charge in [-0.2, -0.15) is 0 Å². The topological polar surface area (TPSA) is 42.0 Å². The van der Waals surface area contributed by atoms with Crippen molar-refractivity contribution in [1.29, 1.82) is 0 Å². The molecule has 0 atom stereocenters. The number of hydrogen-bond donors (Lipinski definition) is 0. The van der Waals surface area contributed by atoms with Gasteiger partial charge in [-0.3, -0.25) is 9.69 Å². The monoisotopic (exact) mass is 384 g/mol. The van der Waals surface area contributed by atoms with Crippen molar-refractivity contribution in [3.8, 4) is 11.5 Å². The van der Waals surface area contributed by atoms with Crippen LogP contribution in [0.3, 0.4) is 0 Å². The van der Waals surface area contributed by atoms with Gasteiger partial charge in [0.15, 0.2) is 11.5 Å². The van der Waals surface area contributed by atoms with E-state index in [4.69, 9.17) is 9.47 Å². The summed E-state index contributed by atoms with van der Waals surface area (Å²) >= 11 is 0. The fourth-order valence-corrected chi connectivity index (χ4v) is 4.12. The number of halogens is 1. The molecule has 0 spiro atoms. The minimum atomic E-state index is -0.178. The molecule has 0 unspecified atom stereocenters. The third-order valence-corrected chi connectivity index (χ3v) is 5.72. The molecule has 0 radical (unpaired) electrons. The van der Waals surface area contributed by atoms with Crippen LogP contribution in [-0.4, -0.2) is 49.6 Å². The molecule has 2 aliphatic rings. The zero-order valence-corrected chi connectivity index (χ0v) is 16.3. The van der Waals surface area contributed by atoms with E-state index in [2.05, 4.69) is 0 Å². The van der Waals surface area contributed by atoms with Gasteiger partial charge in [-0.15, -0.1) is 0 Å². The minimum absolute atomic E-state index is 0.0835. The lowest BCUT2D eigenvalue weighted by atomic mass is 9.98. The smallest absolute Gasteiger partial charge is 0.237 e. The molecule has 0 saturated heterocycles. The standard InChI is InChI=1S/C22H25FN2O3/c1-27-20-10-16-7-9-25(12-17(16)11-21(20)28-2)22(26)14-24-8-6-15-4-3-5-19(23)18(15)13-24/h3-5,10-11H,6-9,12-14H2,1-2H3. The largest absolute Gasteiger partial charge is 0.493 e. The molecule has 0 saturated carbocycles. The van der Waals surface area contributed by atoms with Crippen LogP contribution >= 0.6 is 0 Å². The van der Waals surface area contributed by atoms with Crippen LogP contribution in [0.4, 0.5) is 4.39 Å². The lowest BCUT2D eigenvalue weighted by Gasteiger charge is -2.33. The van der Waals surface area contributed by atoms with Gasteiger partial charge in [0.2, 0.25) is 5.91 Å². The van der Waals surface area contributed by atoms with Crippen molar-refractivity contribution in [2.45, 2.75) is 25.9 Å². The zero-order chi connectivity index (χ0) is 19.7. The quantitative estimate of drug-likeness (QED) is 0.813. The maximum Gasteiger partial charge on any atom is 0.237 e. The first-order chi connectivity index (χ1) is 13.6. The second-order valence-corrected chi connectivity index (χ2v) is 7.38. The molecule has 0 aromatic heterocycles. The van der Waals surface area contributed by atoms with Gasteiger partial charge in [0.05, 0.1) is 20.8 Å². The number of methoxy groups -OCH3 is 2. The maximum atomic E-state index is 14.1. The number of ether oxygens (including phenoxy) is 2. The van der Waals surface area contributed by atoms with Gasteiger partial charge in [-0.1, -0.05) is 12.1 Å². The van der Waals surface area contributed by atoms with E-state index in [0.29, 0.717) is 31.9 Å². The van der Waals surface area contributed by atoms with Crippen LogP contribution in [0.25, 0.3) is 0 Å². The van der Waals surface area contributed by atoms with Crippen LogP contribution in [0.15, 0.2) is 30.3 Å². The number of benzene rings is 2. The Morgan fingerprint density at radius 1 is 1.00 bits per heavy atom. The van der Waals surface area contributed by atoms with E-state index in [1.807, 2.05) is 28.0 Å². The van der Waals surface area contributed by atoms with Crippen LogP contribution in [0, 0.1) is 5.82 Å². The molecule has 1 amide bonds. The Hall–Kier alpha value is -2.60. The Labute approximate surface area is 164 Å². The van der Waals surface area contributed by atoms with E-state index in [9.17, 15) is 9.18 Å². The molecule has 6 heteroatoms. The highest BCUT2D eigenvalue weighted by Gasteiger charge is 2.26. The van der Waals surface area contributed by atoms with Crippen molar-refractivity contribution in [3.63, 3.8) is 0 Å². The maximum absolute atomic E-state index is 14.1. The summed E-state index contributed by atoms with van der Waals surface area (Å²) in [4.78, 5) is 16.8. The predicted octanol–water partition coefficient (Wildman–Crippen LogP) is 2.79. The molecule has 4 rings (SSSR count). The third kappa shape index (κ3) is 3.56. The van der Waals surface area contributed by atoms with Crippen LogP contribution in [0.2, 0.25) is 0 Å². The summed E-state index contributed by atoms with van der Waals surface area (Å²) in [6, 6.07) is 9.18. The van der Waals surface area contributed by atoms with Crippen LogP contribution in [0.1, 0.15) is 22.3 Å². The van der Waals surface area contributed by atoms with E-state index in [1.165, 1.54) is 11.6 Å². The van der Waals surface area contributed by atoms with Crippen molar-refractivity contribution in [3.05, 3.63) is 58.4 Å². The fraction of sp³-hybridized carbons (Fsp3) is 0.409. The highest BCUT2D eigenvalue weighted by molar-refractivity contribution is 5.78. The van der Waals surface area contributed by atoms with E-state index >= 15 is 0 Å². The lowest BCUT2D eigenvalue weighted by molar-refractivity contribution is -0.133. The molecule has 0 bridgehead atoms. The molecular formula is C22H25FN2O3. The summed E-state index contributed by atoms with van der Waals surface area (Å²) in [6.07, 6.45) is 1.57. The number of nitrogens with zero attached hydrogens (tertiary/aromatic N) is 2. The molecule has 2 aliphatic heterocycles. The SMILES string of the molecule is COc1cc2c(cc1OC)CN(C(=O)CN1CCc3cccc(F)c3C1)CC2. The number of fused-ring (bicyclic) bond motifs is 2. The van der Waals surface area contributed by atoms with Crippen molar-refractivity contribution >= 4 is 5.91 Å². The van der Waals surface area contributed by atoms with Crippen LogP contribution in [0.5, 0.6) is 11.5 Å². The highest BCUT2D eigenvalue weighted by atomic mass is 19.1. The van der Waals surface area contributed by atoms with Crippen molar-refractivity contribution < 1.29 is 18.7 Å². The number of hydrogen-bond acceptors (Lipinski definition) is 4. The van der Waals surface area contributed by atoms with Gasteiger partial charge in [-0.25, -0.2) is 4.39 Å². The summed E-state index contributed by atoms with van der Waals surface area (Å²) in [5, 5.41) is 0. The average Bonchev–Trinajstić information content (AvgIpc) is 2.72. The van der Waals surface area contributed by atoms with Gasteiger partial charge in [0.25, 0.3) is 0 Å². The third-order valence-electron chi connectivity index (χ3n) is 5.72. The van der Waals surface area contributed by atoms with E-state index in [0.717, 1.165) is 41.8 Å². The van der Waals surface area contributed by atoms with Gasteiger partial charge < -0.3 is 14.4 Å². The minimum Gasteiger partial charge on any atom is -0.493 e. The second-order valence-electron chi connectivity index (χ2n) is 7.38. The number of carbonyl (C=O) groups excluding carboxylic acids is 1. The van der Waals surface area contributed by atoms with Crippen molar-refractivity contribution in [2.75, 3.05) is 33.9 Å². The number of rotatable bonds is 4. The Kier molecular flexibility index (Phi) is 5.22. The summed E-state index contributed by atoms with van der Waals surface area (Å²) in [5.41, 5.74) is 4.06. The molecule has 2 aromatic carbocycles. The van der Waals surface area contributed by atoms with Crippen molar-refractivity contribution in [1.82, 2.24) is 9.80 Å². The van der Waals surface area contributed by atoms with Crippen LogP contribution in [-0.2, 0) is 30.7 Å². The van der Waals surface area contributed by atoms with Gasteiger partial charge in [0, 0.05) is 31.7 Å². The molecule has 148 valence electrons. The first-order valence-corrected chi connectivity index (χ1v) is 9.59. The molecular weight excluding hydrogens is 359 g/mol. The molecule has 5 nitrogen and oxygen atoms in total. The molecule has 2 heterocycles. The first-order valence-electron chi connectivity index (χ1n) is 9.59. The molecule has 0 N–H and O–H groups in total. The van der Waals surface area contributed by atoms with E-state index in [-0.39, 0.29) is 11.7 Å². The number of carbonyl (C=O) groups is 1.